The fraction of sp³-hybridized carbons (Fsp3) is 0.231. The first kappa shape index (κ1) is 13.2. The summed E-state index contributed by atoms with van der Waals surface area (Å²) in [6, 6.07) is 5.36. The zero-order valence-corrected chi connectivity index (χ0v) is 10.4. The number of hydrogen-bond donors (Lipinski definition) is 1. The van der Waals surface area contributed by atoms with Gasteiger partial charge in [-0.05, 0) is 24.6 Å². The first-order chi connectivity index (χ1) is 9.19. The van der Waals surface area contributed by atoms with Gasteiger partial charge in [-0.1, -0.05) is 6.07 Å². The summed E-state index contributed by atoms with van der Waals surface area (Å²) >= 11 is 0. The monoisotopic (exact) mass is 265 g/mol. The molecule has 0 amide bonds. The Morgan fingerprint density at radius 2 is 2.05 bits per heavy atom. The van der Waals surface area contributed by atoms with Crippen molar-refractivity contribution in [3.63, 3.8) is 0 Å². The van der Waals surface area contributed by atoms with Crippen molar-refractivity contribution in [2.75, 3.05) is 11.9 Å². The van der Waals surface area contributed by atoms with Crippen LogP contribution in [0.4, 0.5) is 14.7 Å². The molecule has 0 unspecified atom stereocenters. The molecule has 1 aromatic carbocycles. The fourth-order valence-corrected chi connectivity index (χ4v) is 1.49. The first-order valence-corrected chi connectivity index (χ1v) is 5.82. The van der Waals surface area contributed by atoms with Gasteiger partial charge in [-0.3, -0.25) is 0 Å². The van der Waals surface area contributed by atoms with Gasteiger partial charge in [-0.25, -0.2) is 13.8 Å². The van der Waals surface area contributed by atoms with Crippen LogP contribution in [0.3, 0.4) is 0 Å². The van der Waals surface area contributed by atoms with Gasteiger partial charge in [0.2, 0.25) is 11.8 Å². The van der Waals surface area contributed by atoms with Crippen LogP contribution in [-0.4, -0.2) is 16.6 Å². The van der Waals surface area contributed by atoms with Crippen molar-refractivity contribution < 1.29 is 13.5 Å². The van der Waals surface area contributed by atoms with Crippen LogP contribution < -0.4 is 10.1 Å². The van der Waals surface area contributed by atoms with E-state index in [0.717, 1.165) is 12.1 Å². The number of rotatable bonds is 5. The van der Waals surface area contributed by atoms with Crippen molar-refractivity contribution in [3.8, 4) is 5.88 Å². The summed E-state index contributed by atoms with van der Waals surface area (Å²) in [4.78, 5) is 8.11. The van der Waals surface area contributed by atoms with Crippen LogP contribution in [-0.2, 0) is 6.54 Å². The highest BCUT2D eigenvalue weighted by Crippen LogP contribution is 2.12. The summed E-state index contributed by atoms with van der Waals surface area (Å²) in [5, 5.41) is 2.92. The van der Waals surface area contributed by atoms with E-state index in [4.69, 9.17) is 4.74 Å². The Kier molecular flexibility index (Phi) is 4.22. The topological polar surface area (TPSA) is 47.0 Å². The molecular weight excluding hydrogens is 252 g/mol. The number of nitrogens with zero attached hydrogens (tertiary/aromatic N) is 2. The highest BCUT2D eigenvalue weighted by molar-refractivity contribution is 5.30. The molecule has 0 radical (unpaired) electrons. The van der Waals surface area contributed by atoms with E-state index in [-0.39, 0.29) is 0 Å². The third kappa shape index (κ3) is 3.61. The number of hydrogen-bond acceptors (Lipinski definition) is 4. The maximum atomic E-state index is 13.0. The number of halogens is 2. The minimum atomic E-state index is -0.872. The van der Waals surface area contributed by atoms with E-state index in [1.807, 2.05) is 6.92 Å². The average molecular weight is 265 g/mol. The lowest BCUT2D eigenvalue weighted by atomic mass is 10.2. The predicted molar refractivity (Wildman–Crippen MR) is 66.9 cm³/mol. The molecule has 0 spiro atoms. The maximum absolute atomic E-state index is 13.0. The maximum Gasteiger partial charge on any atom is 0.226 e. The van der Waals surface area contributed by atoms with Crippen molar-refractivity contribution in [2.24, 2.45) is 0 Å². The quantitative estimate of drug-likeness (QED) is 0.903. The van der Waals surface area contributed by atoms with E-state index in [1.165, 1.54) is 6.07 Å². The second-order valence-corrected chi connectivity index (χ2v) is 3.75. The van der Waals surface area contributed by atoms with Crippen LogP contribution in [0.1, 0.15) is 12.5 Å². The van der Waals surface area contributed by atoms with Gasteiger partial charge in [-0.15, -0.1) is 0 Å². The molecule has 100 valence electrons. The normalized spacial score (nSPS) is 10.3. The van der Waals surface area contributed by atoms with Crippen LogP contribution in [0.15, 0.2) is 30.5 Å². The third-order valence-electron chi connectivity index (χ3n) is 2.36. The molecule has 1 N–H and O–H groups in total. The molecular formula is C13H13F2N3O. The van der Waals surface area contributed by atoms with Gasteiger partial charge in [0.1, 0.15) is 0 Å². The molecule has 2 aromatic rings. The molecule has 0 saturated carbocycles. The minimum absolute atomic E-state index is 0.298. The predicted octanol–water partition coefficient (Wildman–Crippen LogP) is 2.77. The van der Waals surface area contributed by atoms with Crippen molar-refractivity contribution in [1.82, 2.24) is 9.97 Å². The van der Waals surface area contributed by atoms with Gasteiger partial charge in [-0.2, -0.15) is 4.98 Å². The molecule has 19 heavy (non-hydrogen) atoms. The summed E-state index contributed by atoms with van der Waals surface area (Å²) in [7, 11) is 0. The Bertz CT molecular complexity index is 563. The number of ether oxygens (including phenoxy) is 1. The summed E-state index contributed by atoms with van der Waals surface area (Å²) < 4.78 is 31.0. The summed E-state index contributed by atoms with van der Waals surface area (Å²) in [5.74, 6) is -0.900. The molecule has 0 aliphatic carbocycles. The molecule has 0 fully saturated rings. The Morgan fingerprint density at radius 3 is 2.79 bits per heavy atom. The molecule has 0 aliphatic heterocycles. The van der Waals surface area contributed by atoms with Gasteiger partial charge in [0, 0.05) is 18.8 Å². The Morgan fingerprint density at radius 1 is 1.21 bits per heavy atom. The standard InChI is InChI=1S/C13H13F2N3O/c1-2-19-12-5-6-16-13(18-12)17-8-9-3-4-10(14)11(15)7-9/h3-7H,2,8H2,1H3,(H,16,17,18). The number of benzene rings is 1. The van der Waals surface area contributed by atoms with E-state index in [1.54, 1.807) is 12.3 Å². The molecule has 2 rings (SSSR count). The summed E-state index contributed by atoms with van der Waals surface area (Å²) in [5.41, 5.74) is 0.601. The highest BCUT2D eigenvalue weighted by atomic mass is 19.2. The van der Waals surface area contributed by atoms with Gasteiger partial charge in [0.15, 0.2) is 11.6 Å². The van der Waals surface area contributed by atoms with E-state index >= 15 is 0 Å². The molecule has 0 atom stereocenters. The van der Waals surface area contributed by atoms with Gasteiger partial charge in [0.25, 0.3) is 0 Å². The fourth-order valence-electron chi connectivity index (χ4n) is 1.49. The number of aromatic nitrogens is 2. The number of nitrogens with one attached hydrogen (secondary N) is 1. The number of anilines is 1. The Labute approximate surface area is 109 Å². The molecule has 0 aliphatic rings. The average Bonchev–Trinajstić information content (AvgIpc) is 2.41. The largest absolute Gasteiger partial charge is 0.478 e. The molecule has 4 nitrogen and oxygen atoms in total. The molecule has 0 bridgehead atoms. The van der Waals surface area contributed by atoms with Crippen molar-refractivity contribution in [1.29, 1.82) is 0 Å². The minimum Gasteiger partial charge on any atom is -0.478 e. The van der Waals surface area contributed by atoms with Crippen molar-refractivity contribution in [3.05, 3.63) is 47.7 Å². The summed E-state index contributed by atoms with van der Waals surface area (Å²) in [6.07, 6.45) is 1.56. The van der Waals surface area contributed by atoms with Crippen LogP contribution in [0.5, 0.6) is 5.88 Å². The molecule has 0 saturated heterocycles. The van der Waals surface area contributed by atoms with Gasteiger partial charge >= 0.3 is 0 Å². The Balaban J connectivity index is 2.01. The smallest absolute Gasteiger partial charge is 0.226 e. The van der Waals surface area contributed by atoms with Crippen LogP contribution >= 0.6 is 0 Å². The molecule has 1 heterocycles. The molecule has 1 aromatic heterocycles. The summed E-state index contributed by atoms with van der Waals surface area (Å²) in [6.45, 7) is 2.67. The van der Waals surface area contributed by atoms with E-state index < -0.39 is 11.6 Å². The van der Waals surface area contributed by atoms with E-state index in [9.17, 15) is 8.78 Å². The SMILES string of the molecule is CCOc1ccnc(NCc2ccc(F)c(F)c2)n1. The lowest BCUT2D eigenvalue weighted by Crippen LogP contribution is -2.05. The lowest BCUT2D eigenvalue weighted by molar-refractivity contribution is 0.326. The third-order valence-corrected chi connectivity index (χ3v) is 2.36. The second-order valence-electron chi connectivity index (χ2n) is 3.75. The van der Waals surface area contributed by atoms with Crippen LogP contribution in [0, 0.1) is 11.6 Å². The van der Waals surface area contributed by atoms with Crippen LogP contribution in [0.2, 0.25) is 0 Å². The zero-order chi connectivity index (χ0) is 13.7. The van der Waals surface area contributed by atoms with Gasteiger partial charge < -0.3 is 10.1 Å². The zero-order valence-electron chi connectivity index (χ0n) is 10.4. The Hall–Kier alpha value is -2.24. The molecule has 6 heteroatoms. The first-order valence-electron chi connectivity index (χ1n) is 5.82. The highest BCUT2D eigenvalue weighted by Gasteiger charge is 2.04. The van der Waals surface area contributed by atoms with E-state index in [2.05, 4.69) is 15.3 Å². The lowest BCUT2D eigenvalue weighted by Gasteiger charge is -2.07. The van der Waals surface area contributed by atoms with Crippen molar-refractivity contribution >= 4 is 5.95 Å². The van der Waals surface area contributed by atoms with Crippen molar-refractivity contribution in [2.45, 2.75) is 13.5 Å². The van der Waals surface area contributed by atoms with Crippen LogP contribution in [0.25, 0.3) is 0 Å². The second kappa shape index (κ2) is 6.08. The van der Waals surface area contributed by atoms with Gasteiger partial charge in [0.05, 0.1) is 6.61 Å². The van der Waals surface area contributed by atoms with E-state index in [0.29, 0.717) is 30.5 Å².